The van der Waals surface area contributed by atoms with E-state index in [9.17, 15) is 4.79 Å². The summed E-state index contributed by atoms with van der Waals surface area (Å²) in [6, 6.07) is 0. The van der Waals surface area contributed by atoms with Crippen molar-refractivity contribution in [3.05, 3.63) is 0 Å². The number of primary amides is 1. The first-order chi connectivity index (χ1) is 6.18. The molecular weight excluding hydrogens is 274 g/mol. The molecule has 0 rings (SSSR count). The summed E-state index contributed by atoms with van der Waals surface area (Å²) in [5, 5.41) is 0. The zero-order valence-electron chi connectivity index (χ0n) is 9.21. The maximum atomic E-state index is 10.4. The molecule has 80 valence electrons. The van der Waals surface area contributed by atoms with Gasteiger partial charge in [0.25, 0.3) is 0 Å². The van der Waals surface area contributed by atoms with Gasteiger partial charge in [0.2, 0.25) is 5.91 Å². The average Bonchev–Trinajstić information content (AvgIpc) is 2.20. The SMILES string of the molecule is CC.CC(CCCN)C(N)=O.[CH3][Sb]. The standard InChI is InChI=1S/C6H14N2O.C2H6.CH3.Sb/c1-5(6(8)9)3-2-4-7;1-2;;/h5H,2-4,7H2,1H3,(H2,8,9);1-2H3;1H3;. The van der Waals surface area contributed by atoms with Crippen LogP contribution in [0.25, 0.3) is 0 Å². The number of carbonyl (C=O) groups is 1. The maximum absolute atomic E-state index is 10.4. The normalized spacial score (nSPS) is 10.0. The van der Waals surface area contributed by atoms with Crippen molar-refractivity contribution >= 4 is 28.9 Å². The third-order valence-corrected chi connectivity index (χ3v) is 1.33. The molecule has 0 heterocycles. The van der Waals surface area contributed by atoms with E-state index in [0.29, 0.717) is 6.54 Å². The molecule has 0 aromatic rings. The zero-order chi connectivity index (χ0) is 11.3. The number of amides is 1. The summed E-state index contributed by atoms with van der Waals surface area (Å²) >= 11 is 1.75. The van der Waals surface area contributed by atoms with Gasteiger partial charge >= 0.3 is 27.9 Å². The van der Waals surface area contributed by atoms with Crippen LogP contribution < -0.4 is 11.5 Å². The third-order valence-electron chi connectivity index (χ3n) is 1.33. The van der Waals surface area contributed by atoms with Crippen molar-refractivity contribution in [2.75, 3.05) is 6.54 Å². The predicted octanol–water partition coefficient (Wildman–Crippen LogP) is 1.08. The van der Waals surface area contributed by atoms with Crippen LogP contribution in [0.5, 0.6) is 0 Å². The van der Waals surface area contributed by atoms with Gasteiger partial charge in [0.15, 0.2) is 0 Å². The Hall–Kier alpha value is 0.248. The number of hydrogen-bond acceptors (Lipinski definition) is 2. The third kappa shape index (κ3) is 18.9. The second kappa shape index (κ2) is 18.1. The molecular formula is C9H23N2OSb. The molecule has 3 nitrogen and oxygen atoms in total. The quantitative estimate of drug-likeness (QED) is 0.762. The van der Waals surface area contributed by atoms with Crippen LogP contribution in [-0.2, 0) is 4.79 Å². The summed E-state index contributed by atoms with van der Waals surface area (Å²) in [4.78, 5) is 12.4. The summed E-state index contributed by atoms with van der Waals surface area (Å²) in [5.41, 5.74) is 10.2. The molecule has 1 unspecified atom stereocenters. The number of hydrogen-bond donors (Lipinski definition) is 2. The van der Waals surface area contributed by atoms with Crippen LogP contribution in [0.1, 0.15) is 33.6 Å². The van der Waals surface area contributed by atoms with Crippen LogP contribution in [0.4, 0.5) is 0 Å². The minimum atomic E-state index is -0.233. The Morgan fingerprint density at radius 2 is 1.77 bits per heavy atom. The van der Waals surface area contributed by atoms with E-state index in [0.717, 1.165) is 12.8 Å². The number of nitrogens with two attached hydrogens (primary N) is 2. The molecule has 1 amide bonds. The van der Waals surface area contributed by atoms with E-state index in [1.165, 1.54) is 0 Å². The van der Waals surface area contributed by atoms with Crippen molar-refractivity contribution < 1.29 is 4.79 Å². The Bertz CT molecular complexity index is 99.6. The molecule has 2 radical (unpaired) electrons. The van der Waals surface area contributed by atoms with Gasteiger partial charge in [-0.15, -0.1) is 0 Å². The molecule has 0 fully saturated rings. The Labute approximate surface area is 96.1 Å². The number of rotatable bonds is 4. The Kier molecular flexibility index (Phi) is 26.4. The van der Waals surface area contributed by atoms with E-state index in [2.05, 4.69) is 4.87 Å². The molecule has 1 atom stereocenters. The molecule has 0 spiro atoms. The molecule has 0 aliphatic heterocycles. The first-order valence-electron chi connectivity index (χ1n) is 4.62. The van der Waals surface area contributed by atoms with Crippen LogP contribution in [0.3, 0.4) is 0 Å². The van der Waals surface area contributed by atoms with Gasteiger partial charge in [0, 0.05) is 5.92 Å². The fourth-order valence-corrected chi connectivity index (χ4v) is 0.566. The average molecular weight is 297 g/mol. The van der Waals surface area contributed by atoms with Gasteiger partial charge in [-0.05, 0) is 19.4 Å². The zero-order valence-corrected chi connectivity index (χ0v) is 11.8. The van der Waals surface area contributed by atoms with Crippen LogP contribution in [0.2, 0.25) is 4.87 Å². The van der Waals surface area contributed by atoms with Crippen molar-refractivity contribution in [3.63, 3.8) is 0 Å². The molecule has 0 aliphatic carbocycles. The first kappa shape index (κ1) is 18.9. The van der Waals surface area contributed by atoms with Crippen LogP contribution in [0, 0.1) is 5.92 Å². The van der Waals surface area contributed by atoms with Crippen LogP contribution >= 0.6 is 0 Å². The van der Waals surface area contributed by atoms with Crippen molar-refractivity contribution in [1.82, 2.24) is 0 Å². The number of carbonyl (C=O) groups excluding carboxylic acids is 1. The van der Waals surface area contributed by atoms with Gasteiger partial charge in [-0.2, -0.15) is 0 Å². The van der Waals surface area contributed by atoms with E-state index in [1.54, 1.807) is 23.0 Å². The van der Waals surface area contributed by atoms with Crippen molar-refractivity contribution in [2.24, 2.45) is 17.4 Å². The van der Waals surface area contributed by atoms with E-state index in [1.807, 2.05) is 20.8 Å². The molecule has 0 saturated carbocycles. The van der Waals surface area contributed by atoms with Gasteiger partial charge in [0.05, 0.1) is 0 Å². The van der Waals surface area contributed by atoms with Gasteiger partial charge in [-0.25, -0.2) is 0 Å². The molecule has 0 aromatic carbocycles. The van der Waals surface area contributed by atoms with E-state index in [4.69, 9.17) is 11.5 Å². The second-order valence-electron chi connectivity index (χ2n) is 2.23. The van der Waals surface area contributed by atoms with E-state index in [-0.39, 0.29) is 11.8 Å². The topological polar surface area (TPSA) is 69.1 Å². The summed E-state index contributed by atoms with van der Waals surface area (Å²) in [6.07, 6.45) is 1.69. The molecule has 0 aromatic heterocycles. The Morgan fingerprint density at radius 1 is 1.38 bits per heavy atom. The fraction of sp³-hybridized carbons (Fsp3) is 0.889. The summed E-state index contributed by atoms with van der Waals surface area (Å²) in [5.74, 6) is -0.253. The van der Waals surface area contributed by atoms with Gasteiger partial charge in [-0.1, -0.05) is 20.8 Å². The monoisotopic (exact) mass is 296 g/mol. The molecule has 4 N–H and O–H groups in total. The first-order valence-corrected chi connectivity index (χ1v) is 7.18. The molecule has 0 saturated heterocycles. The van der Waals surface area contributed by atoms with E-state index >= 15 is 0 Å². The summed E-state index contributed by atoms with van der Waals surface area (Å²) < 4.78 is 0. The van der Waals surface area contributed by atoms with E-state index < -0.39 is 0 Å². The fourth-order valence-electron chi connectivity index (χ4n) is 0.566. The van der Waals surface area contributed by atoms with Crippen molar-refractivity contribution in [1.29, 1.82) is 0 Å². The molecule has 13 heavy (non-hydrogen) atoms. The van der Waals surface area contributed by atoms with Crippen molar-refractivity contribution in [2.45, 2.75) is 38.5 Å². The van der Waals surface area contributed by atoms with Gasteiger partial charge in [0.1, 0.15) is 0 Å². The minimum absolute atomic E-state index is 0.0199. The molecule has 0 aliphatic rings. The molecule has 0 bridgehead atoms. The Balaban J connectivity index is -0.000000218. The molecule has 4 heteroatoms. The van der Waals surface area contributed by atoms with Crippen LogP contribution in [-0.4, -0.2) is 35.5 Å². The van der Waals surface area contributed by atoms with Gasteiger partial charge in [-0.3, -0.25) is 4.79 Å². The van der Waals surface area contributed by atoms with Gasteiger partial charge < -0.3 is 11.5 Å². The van der Waals surface area contributed by atoms with Crippen LogP contribution in [0.15, 0.2) is 0 Å². The summed E-state index contributed by atoms with van der Waals surface area (Å²) in [6.45, 7) is 6.45. The second-order valence-corrected chi connectivity index (χ2v) is 2.23. The predicted molar refractivity (Wildman–Crippen MR) is 59.6 cm³/mol. The summed E-state index contributed by atoms with van der Waals surface area (Å²) in [7, 11) is 0. The Morgan fingerprint density at radius 3 is 2.00 bits per heavy atom. The van der Waals surface area contributed by atoms with Crippen molar-refractivity contribution in [3.8, 4) is 0 Å².